The van der Waals surface area contributed by atoms with Crippen LogP contribution in [-0.2, 0) is 18.4 Å². The van der Waals surface area contributed by atoms with Crippen molar-refractivity contribution >= 4 is 22.8 Å². The Kier molecular flexibility index (Phi) is 3.46. The van der Waals surface area contributed by atoms with Crippen LogP contribution < -0.4 is 11.1 Å². The summed E-state index contributed by atoms with van der Waals surface area (Å²) in [5, 5.41) is 8.19. The van der Waals surface area contributed by atoms with E-state index in [0.717, 1.165) is 35.6 Å². The van der Waals surface area contributed by atoms with Gasteiger partial charge in [-0.15, -0.1) is 0 Å². The number of likely N-dealkylation sites (tertiary alicyclic amines) is 1. The molecule has 8 nitrogen and oxygen atoms in total. The molecule has 1 unspecified atom stereocenters. The van der Waals surface area contributed by atoms with Gasteiger partial charge in [0.15, 0.2) is 5.65 Å². The zero-order chi connectivity index (χ0) is 15.0. The average Bonchev–Trinajstić information content (AvgIpc) is 3.06. The van der Waals surface area contributed by atoms with Gasteiger partial charge in [0.25, 0.3) is 0 Å². The number of carbonyl (C=O) groups is 1. The van der Waals surface area contributed by atoms with Gasteiger partial charge < -0.3 is 11.1 Å². The van der Waals surface area contributed by atoms with Gasteiger partial charge in [0, 0.05) is 20.6 Å². The Hall–Kier alpha value is -2.22. The van der Waals surface area contributed by atoms with Gasteiger partial charge in [-0.2, -0.15) is 5.10 Å². The molecule has 3 N–H and O–H groups in total. The Bertz CT molecular complexity index is 680. The first-order valence-corrected chi connectivity index (χ1v) is 6.96. The Morgan fingerprint density at radius 3 is 3.00 bits per heavy atom. The van der Waals surface area contributed by atoms with Crippen molar-refractivity contribution in [2.45, 2.75) is 13.0 Å². The molecule has 1 saturated heterocycles. The van der Waals surface area contributed by atoms with E-state index in [1.165, 1.54) is 0 Å². The first-order chi connectivity index (χ1) is 10.1. The molecule has 1 amide bonds. The van der Waals surface area contributed by atoms with Gasteiger partial charge in [0.2, 0.25) is 5.91 Å². The summed E-state index contributed by atoms with van der Waals surface area (Å²) in [7, 11) is 3.69. The van der Waals surface area contributed by atoms with Crippen molar-refractivity contribution < 1.29 is 4.79 Å². The molecule has 21 heavy (non-hydrogen) atoms. The molecular formula is C13H19N7O. The average molecular weight is 289 g/mol. The highest BCUT2D eigenvalue weighted by molar-refractivity contribution is 5.86. The number of hydrogen-bond donors (Lipinski definition) is 2. The molecular weight excluding hydrogens is 270 g/mol. The maximum atomic E-state index is 11.2. The number of aryl methyl sites for hydroxylation is 1. The fourth-order valence-corrected chi connectivity index (χ4v) is 2.74. The monoisotopic (exact) mass is 289 g/mol. The van der Waals surface area contributed by atoms with Gasteiger partial charge in [0.1, 0.15) is 11.6 Å². The maximum Gasteiger partial charge on any atom is 0.221 e. The van der Waals surface area contributed by atoms with Gasteiger partial charge >= 0.3 is 0 Å². The molecule has 112 valence electrons. The Labute approximate surface area is 122 Å². The Morgan fingerprint density at radius 2 is 2.33 bits per heavy atom. The smallest absolute Gasteiger partial charge is 0.221 e. The normalized spacial score (nSPS) is 19.2. The minimum atomic E-state index is -0.226. The summed E-state index contributed by atoms with van der Waals surface area (Å²) in [6, 6.07) is 0. The molecule has 1 atom stereocenters. The summed E-state index contributed by atoms with van der Waals surface area (Å²) in [5.74, 6) is 1.21. The van der Waals surface area contributed by atoms with Crippen LogP contribution in [0.2, 0.25) is 0 Å². The molecule has 1 aliphatic rings. The van der Waals surface area contributed by atoms with E-state index in [1.54, 1.807) is 10.9 Å². The maximum absolute atomic E-state index is 11.2. The number of nitrogens with two attached hydrogens (primary N) is 1. The SMILES string of the molecule is CNc1nc(CN2CCC(C(N)=O)C2)nc2c1cnn2C. The van der Waals surface area contributed by atoms with Crippen molar-refractivity contribution in [3.8, 4) is 0 Å². The molecule has 8 heteroatoms. The number of hydrogen-bond acceptors (Lipinski definition) is 6. The molecule has 0 radical (unpaired) electrons. The largest absolute Gasteiger partial charge is 0.372 e. The van der Waals surface area contributed by atoms with Crippen molar-refractivity contribution in [3.63, 3.8) is 0 Å². The van der Waals surface area contributed by atoms with Crippen LogP contribution >= 0.6 is 0 Å². The van der Waals surface area contributed by atoms with E-state index in [9.17, 15) is 4.79 Å². The number of anilines is 1. The molecule has 1 fully saturated rings. The first-order valence-electron chi connectivity index (χ1n) is 6.96. The van der Waals surface area contributed by atoms with Gasteiger partial charge in [-0.1, -0.05) is 0 Å². The van der Waals surface area contributed by atoms with Crippen LogP contribution in [0.25, 0.3) is 11.0 Å². The summed E-state index contributed by atoms with van der Waals surface area (Å²) in [4.78, 5) is 22.5. The second-order valence-corrected chi connectivity index (χ2v) is 5.37. The van der Waals surface area contributed by atoms with Crippen LogP contribution in [0.4, 0.5) is 5.82 Å². The number of rotatable bonds is 4. The van der Waals surface area contributed by atoms with Crippen LogP contribution in [-0.4, -0.2) is 50.7 Å². The van der Waals surface area contributed by atoms with Crippen molar-refractivity contribution in [1.29, 1.82) is 0 Å². The van der Waals surface area contributed by atoms with E-state index in [0.29, 0.717) is 13.1 Å². The third kappa shape index (κ3) is 2.54. The number of carbonyl (C=O) groups excluding carboxylic acids is 1. The third-order valence-electron chi connectivity index (χ3n) is 3.91. The second-order valence-electron chi connectivity index (χ2n) is 5.37. The molecule has 0 aromatic carbocycles. The van der Waals surface area contributed by atoms with Gasteiger partial charge in [-0.3, -0.25) is 14.4 Å². The van der Waals surface area contributed by atoms with E-state index < -0.39 is 0 Å². The molecule has 3 rings (SSSR count). The molecule has 0 spiro atoms. The highest BCUT2D eigenvalue weighted by atomic mass is 16.1. The number of nitrogens with zero attached hydrogens (tertiary/aromatic N) is 5. The zero-order valence-corrected chi connectivity index (χ0v) is 12.2. The lowest BCUT2D eigenvalue weighted by atomic mass is 10.1. The van der Waals surface area contributed by atoms with Crippen LogP contribution in [0.5, 0.6) is 0 Å². The lowest BCUT2D eigenvalue weighted by molar-refractivity contribution is -0.121. The number of aromatic nitrogens is 4. The van der Waals surface area contributed by atoms with Crippen LogP contribution in [0, 0.1) is 5.92 Å². The van der Waals surface area contributed by atoms with Crippen molar-refractivity contribution in [3.05, 3.63) is 12.0 Å². The van der Waals surface area contributed by atoms with E-state index >= 15 is 0 Å². The van der Waals surface area contributed by atoms with Gasteiger partial charge in [0.05, 0.1) is 24.0 Å². The number of nitrogens with one attached hydrogen (secondary N) is 1. The molecule has 0 saturated carbocycles. The Balaban J connectivity index is 1.84. The van der Waals surface area contributed by atoms with Gasteiger partial charge in [-0.25, -0.2) is 9.97 Å². The highest BCUT2D eigenvalue weighted by Crippen LogP contribution is 2.21. The first kappa shape index (κ1) is 13.7. The van der Waals surface area contributed by atoms with E-state index in [4.69, 9.17) is 5.73 Å². The van der Waals surface area contributed by atoms with E-state index in [1.807, 2.05) is 14.1 Å². The second kappa shape index (κ2) is 5.28. The van der Waals surface area contributed by atoms with Crippen LogP contribution in [0.15, 0.2) is 6.20 Å². The standard InChI is InChI=1S/C13H19N7O/c1-15-12-9-5-16-19(2)13(9)18-10(17-12)7-20-4-3-8(6-20)11(14)21/h5,8H,3-4,6-7H2,1-2H3,(H2,14,21)(H,15,17,18). The topological polar surface area (TPSA) is 102 Å². The van der Waals surface area contributed by atoms with E-state index in [-0.39, 0.29) is 11.8 Å². The summed E-state index contributed by atoms with van der Waals surface area (Å²) < 4.78 is 1.73. The lowest BCUT2D eigenvalue weighted by Gasteiger charge is -2.15. The van der Waals surface area contributed by atoms with E-state index in [2.05, 4.69) is 25.3 Å². The van der Waals surface area contributed by atoms with Crippen molar-refractivity contribution in [2.75, 3.05) is 25.5 Å². The van der Waals surface area contributed by atoms with Crippen LogP contribution in [0.3, 0.4) is 0 Å². The zero-order valence-electron chi connectivity index (χ0n) is 12.2. The molecule has 0 bridgehead atoms. The summed E-state index contributed by atoms with van der Waals surface area (Å²) in [6.07, 6.45) is 2.56. The molecule has 2 aromatic rings. The fraction of sp³-hybridized carbons (Fsp3) is 0.538. The fourth-order valence-electron chi connectivity index (χ4n) is 2.74. The molecule has 3 heterocycles. The van der Waals surface area contributed by atoms with Crippen molar-refractivity contribution in [2.24, 2.45) is 18.7 Å². The molecule has 0 aliphatic carbocycles. The Morgan fingerprint density at radius 1 is 1.52 bits per heavy atom. The molecule has 2 aromatic heterocycles. The minimum Gasteiger partial charge on any atom is -0.372 e. The third-order valence-corrected chi connectivity index (χ3v) is 3.91. The summed E-state index contributed by atoms with van der Waals surface area (Å²) >= 11 is 0. The number of fused-ring (bicyclic) bond motifs is 1. The minimum absolute atomic E-state index is 0.0609. The summed E-state index contributed by atoms with van der Waals surface area (Å²) in [6.45, 7) is 2.13. The number of amides is 1. The summed E-state index contributed by atoms with van der Waals surface area (Å²) in [5.41, 5.74) is 6.16. The van der Waals surface area contributed by atoms with Crippen molar-refractivity contribution in [1.82, 2.24) is 24.6 Å². The number of primary amides is 1. The predicted molar refractivity (Wildman–Crippen MR) is 78.4 cm³/mol. The highest BCUT2D eigenvalue weighted by Gasteiger charge is 2.27. The predicted octanol–water partition coefficient (Wildman–Crippen LogP) is -0.288. The quantitative estimate of drug-likeness (QED) is 0.802. The van der Waals surface area contributed by atoms with Gasteiger partial charge in [-0.05, 0) is 13.0 Å². The molecule has 1 aliphatic heterocycles. The van der Waals surface area contributed by atoms with Crippen LogP contribution in [0.1, 0.15) is 12.2 Å². The lowest BCUT2D eigenvalue weighted by Crippen LogP contribution is -2.27.